The summed E-state index contributed by atoms with van der Waals surface area (Å²) < 4.78 is 12.0. The molecule has 0 fully saturated rings. The van der Waals surface area contributed by atoms with Crippen LogP contribution in [0.1, 0.15) is 22.6 Å². The van der Waals surface area contributed by atoms with Crippen molar-refractivity contribution in [3.05, 3.63) is 326 Å². The van der Waals surface area contributed by atoms with Crippen LogP contribution in [0.5, 0.6) is 0 Å². The number of aromatic nitrogens is 4. The molecule has 0 atom stereocenters. The second kappa shape index (κ2) is 20.0. The summed E-state index contributed by atoms with van der Waals surface area (Å²) in [5, 5.41) is 5.65. The van der Waals surface area contributed by atoms with E-state index in [0.29, 0.717) is 11.4 Å². The molecule has 5 heteroatoms. The molecule has 0 saturated heterocycles. The van der Waals surface area contributed by atoms with E-state index >= 15 is 0 Å². The van der Waals surface area contributed by atoms with E-state index in [4.69, 9.17) is 14.4 Å². The lowest BCUT2D eigenvalue weighted by Gasteiger charge is -2.23. The molecule has 0 N–H and O–H groups in total. The number of nitrogens with zero attached hydrogens (tertiary/aromatic N) is 4. The molecule has 88 heavy (non-hydrogen) atoms. The van der Waals surface area contributed by atoms with Gasteiger partial charge in [0.05, 0.1) is 33.4 Å². The number of benzene rings is 13. The van der Waals surface area contributed by atoms with Crippen LogP contribution in [-0.4, -0.2) is 19.1 Å². The number of rotatable bonds is 9. The van der Waals surface area contributed by atoms with Crippen molar-refractivity contribution in [2.24, 2.45) is 0 Å². The fraction of sp³-hybridized carbons (Fsp3) is 0.0120. The number of furan rings is 1. The molecule has 0 amide bonds. The van der Waals surface area contributed by atoms with Gasteiger partial charge in [0.1, 0.15) is 16.8 Å². The standard InChI is InChI=1S/C83H52N4O/c1-6-26-52(27-7-1)65-48-69-70-49-66(53-28-8-2-9-29-53)75(86-72-43-23-20-38-60(72)61-39-21-24-44-73(61)86)51-76(70)87(74(69)50-71(65)78-62-40-18-16-36-58(62)59-37-17-19-41-63(59)78)81-67(54-30-10-3-11-31-54)46-57(47-68(81)55-32-12-4-13-33-55)79-82-80(64-42-22-25-45-77(64)88-82)85-83(84-79)56-34-14-5-15-35-56/h1-51,78H. The number of hydrogen-bond acceptors (Lipinski definition) is 3. The van der Waals surface area contributed by atoms with Crippen molar-refractivity contribution in [1.29, 1.82) is 0 Å². The van der Waals surface area contributed by atoms with E-state index in [0.717, 1.165) is 111 Å². The topological polar surface area (TPSA) is 48.8 Å². The van der Waals surface area contributed by atoms with Crippen LogP contribution in [0, 0.1) is 0 Å². The normalized spacial score (nSPS) is 12.3. The first-order chi connectivity index (χ1) is 43.7. The van der Waals surface area contributed by atoms with Crippen molar-refractivity contribution in [2.75, 3.05) is 0 Å². The van der Waals surface area contributed by atoms with Gasteiger partial charge in [-0.15, -0.1) is 0 Å². The Morgan fingerprint density at radius 3 is 1.30 bits per heavy atom. The average Bonchev–Trinajstić information content (AvgIpc) is 2.78. The second-order valence-corrected chi connectivity index (χ2v) is 23.1. The molecule has 0 radical (unpaired) electrons. The summed E-state index contributed by atoms with van der Waals surface area (Å²) in [5.74, 6) is 0.575. The highest BCUT2D eigenvalue weighted by atomic mass is 16.3. The Labute approximate surface area is 508 Å². The summed E-state index contributed by atoms with van der Waals surface area (Å²) in [4.78, 5) is 10.8. The molecule has 4 heterocycles. The van der Waals surface area contributed by atoms with Gasteiger partial charge in [0.25, 0.3) is 0 Å². The van der Waals surface area contributed by atoms with Gasteiger partial charge in [-0.3, -0.25) is 0 Å². The molecule has 1 aliphatic rings. The van der Waals surface area contributed by atoms with Crippen molar-refractivity contribution < 1.29 is 4.42 Å². The van der Waals surface area contributed by atoms with Crippen molar-refractivity contribution in [3.63, 3.8) is 0 Å². The molecule has 18 rings (SSSR count). The van der Waals surface area contributed by atoms with E-state index < -0.39 is 0 Å². The predicted molar refractivity (Wildman–Crippen MR) is 363 cm³/mol. The summed E-state index contributed by atoms with van der Waals surface area (Å²) in [6, 6.07) is 113. The first-order valence-corrected chi connectivity index (χ1v) is 30.2. The summed E-state index contributed by atoms with van der Waals surface area (Å²) in [6.07, 6.45) is 0. The molecule has 410 valence electrons. The van der Waals surface area contributed by atoms with Crippen molar-refractivity contribution in [2.45, 2.75) is 5.92 Å². The summed E-state index contributed by atoms with van der Waals surface area (Å²) in [5.41, 5.74) is 26.6. The minimum atomic E-state index is -0.0566. The third-order valence-corrected chi connectivity index (χ3v) is 18.2. The number of fused-ring (bicyclic) bond motifs is 12. The molecule has 4 aromatic heterocycles. The van der Waals surface area contributed by atoms with E-state index in [1.807, 2.05) is 30.3 Å². The molecule has 5 nitrogen and oxygen atoms in total. The minimum Gasteiger partial charge on any atom is -0.452 e. The van der Waals surface area contributed by atoms with Crippen molar-refractivity contribution in [3.8, 4) is 89.7 Å². The first kappa shape index (κ1) is 49.7. The summed E-state index contributed by atoms with van der Waals surface area (Å²) >= 11 is 0. The summed E-state index contributed by atoms with van der Waals surface area (Å²) in [7, 11) is 0. The van der Waals surface area contributed by atoms with Gasteiger partial charge in [-0.2, -0.15) is 0 Å². The maximum atomic E-state index is 6.92. The van der Waals surface area contributed by atoms with Crippen molar-refractivity contribution in [1.82, 2.24) is 19.1 Å². The van der Waals surface area contributed by atoms with Crippen LogP contribution in [-0.2, 0) is 0 Å². The minimum absolute atomic E-state index is 0.0566. The van der Waals surface area contributed by atoms with Crippen molar-refractivity contribution >= 4 is 65.7 Å². The molecule has 0 aliphatic heterocycles. The van der Waals surface area contributed by atoms with Gasteiger partial charge in [-0.1, -0.05) is 249 Å². The highest BCUT2D eigenvalue weighted by Gasteiger charge is 2.34. The van der Waals surface area contributed by atoms with Gasteiger partial charge in [0.15, 0.2) is 11.4 Å². The fourth-order valence-corrected chi connectivity index (χ4v) is 14.4. The van der Waals surface area contributed by atoms with Crippen LogP contribution in [0.4, 0.5) is 0 Å². The molecule has 17 aromatic rings. The third kappa shape index (κ3) is 7.74. The van der Waals surface area contributed by atoms with Crippen LogP contribution in [0.25, 0.3) is 155 Å². The van der Waals surface area contributed by atoms with Crippen LogP contribution in [0.2, 0.25) is 0 Å². The predicted octanol–water partition coefficient (Wildman–Crippen LogP) is 21.7. The maximum Gasteiger partial charge on any atom is 0.180 e. The molecule has 0 unspecified atom stereocenters. The van der Waals surface area contributed by atoms with Gasteiger partial charge < -0.3 is 13.6 Å². The molecule has 0 bridgehead atoms. The van der Waals surface area contributed by atoms with Gasteiger partial charge in [0, 0.05) is 60.7 Å². The zero-order chi connectivity index (χ0) is 57.8. The van der Waals surface area contributed by atoms with E-state index in [-0.39, 0.29) is 5.92 Å². The lowest BCUT2D eigenvalue weighted by molar-refractivity contribution is 0.667. The van der Waals surface area contributed by atoms with E-state index in [1.54, 1.807) is 0 Å². The van der Waals surface area contributed by atoms with Crippen LogP contribution in [0.3, 0.4) is 0 Å². The quantitative estimate of drug-likeness (QED) is 0.145. The molecule has 13 aromatic carbocycles. The first-order valence-electron chi connectivity index (χ1n) is 30.2. The smallest absolute Gasteiger partial charge is 0.180 e. The van der Waals surface area contributed by atoms with Gasteiger partial charge >= 0.3 is 0 Å². The zero-order valence-corrected chi connectivity index (χ0v) is 47.7. The lowest BCUT2D eigenvalue weighted by atomic mass is 9.83. The molecule has 1 aliphatic carbocycles. The maximum absolute atomic E-state index is 6.92. The molecular weight excluding hydrogens is 1070 g/mol. The highest BCUT2D eigenvalue weighted by molar-refractivity contribution is 6.17. The van der Waals surface area contributed by atoms with Gasteiger partial charge in [-0.05, 0) is 116 Å². The lowest BCUT2D eigenvalue weighted by Crippen LogP contribution is -2.05. The Bertz CT molecular complexity index is 5450. The summed E-state index contributed by atoms with van der Waals surface area (Å²) in [6.45, 7) is 0. The largest absolute Gasteiger partial charge is 0.452 e. The Hall–Kier alpha value is -11.7. The molecule has 0 spiro atoms. The fourth-order valence-electron chi connectivity index (χ4n) is 14.4. The Kier molecular flexibility index (Phi) is 11.3. The second-order valence-electron chi connectivity index (χ2n) is 23.1. The third-order valence-electron chi connectivity index (χ3n) is 18.2. The van der Waals surface area contributed by atoms with Crippen LogP contribution in [0.15, 0.2) is 314 Å². The van der Waals surface area contributed by atoms with Crippen LogP contribution < -0.4 is 0 Å². The van der Waals surface area contributed by atoms with Gasteiger partial charge in [-0.25, -0.2) is 9.97 Å². The number of hydrogen-bond donors (Lipinski definition) is 0. The Morgan fingerprint density at radius 1 is 0.284 bits per heavy atom. The molecule has 0 saturated carbocycles. The number of para-hydroxylation sites is 3. The SMILES string of the molecule is c1ccc(-c2nc(-c3cc(-c4ccccc4)c(-n4c5cc(C6c7ccccc7-c7ccccc76)c(-c6ccccc6)cc5c5cc(-c6ccccc6)c(-n6c7ccccc7c7ccccc76)cc54)c(-c4ccccc4)c3)c3oc4ccccc4c3n2)cc1. The van der Waals surface area contributed by atoms with E-state index in [2.05, 4.69) is 288 Å². The Balaban J connectivity index is 1.04. The zero-order valence-electron chi connectivity index (χ0n) is 47.7. The molecular formula is C83H52N4O. The monoisotopic (exact) mass is 1120 g/mol. The van der Waals surface area contributed by atoms with E-state index in [9.17, 15) is 0 Å². The van der Waals surface area contributed by atoms with E-state index in [1.165, 1.54) is 49.7 Å². The Morgan fingerprint density at radius 2 is 0.727 bits per heavy atom. The van der Waals surface area contributed by atoms with Gasteiger partial charge in [0.2, 0.25) is 0 Å². The van der Waals surface area contributed by atoms with Crippen LogP contribution >= 0.6 is 0 Å². The average molecular weight is 1120 g/mol. The highest BCUT2D eigenvalue weighted by Crippen LogP contribution is 2.54.